The van der Waals surface area contributed by atoms with Crippen LogP contribution in [0.25, 0.3) is 0 Å². The van der Waals surface area contributed by atoms with Gasteiger partial charge in [-0.1, -0.05) is 41.9 Å². The molecule has 1 fully saturated rings. The number of nitrogens with zero attached hydrogens (tertiary/aromatic N) is 1. The van der Waals surface area contributed by atoms with Crippen molar-refractivity contribution in [2.24, 2.45) is 0 Å². The number of rotatable bonds is 6. The Hall–Kier alpha value is -2.53. The lowest BCUT2D eigenvalue weighted by molar-refractivity contribution is -0.132. The van der Waals surface area contributed by atoms with Crippen molar-refractivity contribution in [3.05, 3.63) is 64.7 Å². The largest absolute Gasteiger partial charge is 0.489 e. The standard InChI is InChI=1S/C21H22ClNO4/c22-18-7-3-4-8-19(18)27-16-11-13-23(14-12-16)20(24)10-9-15-5-1-2-6-17(15)21(25)26/h1-8,16H,9-14H2,(H,25,26). The third kappa shape index (κ3) is 5.01. The van der Waals surface area contributed by atoms with Gasteiger partial charge in [0.15, 0.2) is 0 Å². The number of likely N-dealkylation sites (tertiary alicyclic amines) is 1. The molecule has 1 aliphatic heterocycles. The summed E-state index contributed by atoms with van der Waals surface area (Å²) >= 11 is 6.13. The first-order chi connectivity index (χ1) is 13.0. The van der Waals surface area contributed by atoms with E-state index in [2.05, 4.69) is 0 Å². The van der Waals surface area contributed by atoms with Crippen LogP contribution in [0.15, 0.2) is 48.5 Å². The van der Waals surface area contributed by atoms with Crippen LogP contribution in [0.4, 0.5) is 0 Å². The number of amides is 1. The van der Waals surface area contributed by atoms with Gasteiger partial charge in [-0.25, -0.2) is 4.79 Å². The lowest BCUT2D eigenvalue weighted by Crippen LogP contribution is -2.41. The Labute approximate surface area is 163 Å². The Morgan fingerprint density at radius 1 is 1.07 bits per heavy atom. The number of piperidine rings is 1. The molecule has 1 amide bonds. The minimum Gasteiger partial charge on any atom is -0.489 e. The number of carboxylic acid groups (broad SMARTS) is 1. The van der Waals surface area contributed by atoms with Crippen molar-refractivity contribution < 1.29 is 19.4 Å². The maximum Gasteiger partial charge on any atom is 0.335 e. The summed E-state index contributed by atoms with van der Waals surface area (Å²) in [5, 5.41) is 9.82. The molecule has 2 aromatic rings. The van der Waals surface area contributed by atoms with Crippen molar-refractivity contribution in [3.63, 3.8) is 0 Å². The molecule has 0 atom stereocenters. The predicted molar refractivity (Wildman–Crippen MR) is 103 cm³/mol. The molecule has 0 aliphatic carbocycles. The number of benzene rings is 2. The average Bonchev–Trinajstić information content (AvgIpc) is 2.68. The fourth-order valence-corrected chi connectivity index (χ4v) is 3.47. The number of carboxylic acids is 1. The maximum atomic E-state index is 12.5. The van der Waals surface area contributed by atoms with Crippen molar-refractivity contribution >= 4 is 23.5 Å². The number of hydrogen-bond acceptors (Lipinski definition) is 3. The van der Waals surface area contributed by atoms with Gasteiger partial charge in [0.1, 0.15) is 11.9 Å². The van der Waals surface area contributed by atoms with Gasteiger partial charge in [-0.05, 0) is 30.2 Å². The highest BCUT2D eigenvalue weighted by molar-refractivity contribution is 6.32. The van der Waals surface area contributed by atoms with Gasteiger partial charge >= 0.3 is 5.97 Å². The van der Waals surface area contributed by atoms with E-state index in [0.717, 1.165) is 12.8 Å². The normalized spacial score (nSPS) is 14.8. The number of para-hydroxylation sites is 1. The Balaban J connectivity index is 1.49. The smallest absolute Gasteiger partial charge is 0.335 e. The second kappa shape index (κ2) is 8.91. The number of carbonyl (C=O) groups is 2. The molecule has 3 rings (SSSR count). The molecule has 1 N–H and O–H groups in total. The zero-order chi connectivity index (χ0) is 19.2. The van der Waals surface area contributed by atoms with Crippen LogP contribution in [0.1, 0.15) is 35.2 Å². The summed E-state index contributed by atoms with van der Waals surface area (Å²) in [6.07, 6.45) is 2.28. The second-order valence-electron chi connectivity index (χ2n) is 6.59. The van der Waals surface area contributed by atoms with Gasteiger partial charge in [0.05, 0.1) is 10.6 Å². The van der Waals surface area contributed by atoms with Gasteiger partial charge in [-0.2, -0.15) is 0 Å². The zero-order valence-corrected chi connectivity index (χ0v) is 15.7. The molecule has 6 heteroatoms. The monoisotopic (exact) mass is 387 g/mol. The number of hydrogen-bond donors (Lipinski definition) is 1. The first kappa shape index (κ1) is 19.2. The summed E-state index contributed by atoms with van der Waals surface area (Å²) in [6.45, 7) is 1.27. The Morgan fingerprint density at radius 3 is 2.44 bits per heavy atom. The third-order valence-corrected chi connectivity index (χ3v) is 5.09. The van der Waals surface area contributed by atoms with Crippen molar-refractivity contribution in [2.45, 2.75) is 31.8 Å². The third-order valence-electron chi connectivity index (χ3n) is 4.78. The van der Waals surface area contributed by atoms with E-state index in [1.54, 1.807) is 30.3 Å². The fraction of sp³-hybridized carbons (Fsp3) is 0.333. The summed E-state index contributed by atoms with van der Waals surface area (Å²) in [5.41, 5.74) is 0.951. The Bertz CT molecular complexity index is 815. The molecular formula is C21H22ClNO4. The molecule has 1 saturated heterocycles. The molecule has 1 aliphatic rings. The molecule has 142 valence electrons. The molecule has 0 aromatic heterocycles. The maximum absolute atomic E-state index is 12.5. The molecule has 0 radical (unpaired) electrons. The molecular weight excluding hydrogens is 366 g/mol. The lowest BCUT2D eigenvalue weighted by atomic mass is 10.0. The summed E-state index contributed by atoms with van der Waals surface area (Å²) in [6, 6.07) is 14.2. The Morgan fingerprint density at radius 2 is 1.74 bits per heavy atom. The van der Waals surface area contributed by atoms with Crippen LogP contribution in [0.5, 0.6) is 5.75 Å². The first-order valence-electron chi connectivity index (χ1n) is 9.05. The van der Waals surface area contributed by atoms with Gasteiger partial charge in [0.2, 0.25) is 5.91 Å². The second-order valence-corrected chi connectivity index (χ2v) is 7.00. The number of ether oxygens (including phenoxy) is 1. The van der Waals surface area contributed by atoms with Crippen molar-refractivity contribution in [1.29, 1.82) is 0 Å². The zero-order valence-electron chi connectivity index (χ0n) is 14.9. The van der Waals surface area contributed by atoms with Crippen LogP contribution >= 0.6 is 11.6 Å². The predicted octanol–water partition coefficient (Wildman–Crippen LogP) is 4.04. The lowest BCUT2D eigenvalue weighted by Gasteiger charge is -2.32. The summed E-state index contributed by atoms with van der Waals surface area (Å²) < 4.78 is 5.95. The van der Waals surface area contributed by atoms with Gasteiger partial charge in [-0.15, -0.1) is 0 Å². The van der Waals surface area contributed by atoms with Crippen LogP contribution in [0.3, 0.4) is 0 Å². The van der Waals surface area contributed by atoms with Crippen LogP contribution in [-0.2, 0) is 11.2 Å². The topological polar surface area (TPSA) is 66.8 Å². The highest BCUT2D eigenvalue weighted by Gasteiger charge is 2.24. The van der Waals surface area contributed by atoms with E-state index in [9.17, 15) is 14.7 Å². The average molecular weight is 388 g/mol. The van der Waals surface area contributed by atoms with Gasteiger partial charge < -0.3 is 14.7 Å². The van der Waals surface area contributed by atoms with Crippen LogP contribution in [-0.4, -0.2) is 41.1 Å². The van der Waals surface area contributed by atoms with Crippen molar-refractivity contribution in [3.8, 4) is 5.75 Å². The fourth-order valence-electron chi connectivity index (χ4n) is 3.29. The number of aromatic carboxylic acids is 1. The van der Waals surface area contributed by atoms with Crippen LogP contribution < -0.4 is 4.74 Å². The SMILES string of the molecule is O=C(O)c1ccccc1CCC(=O)N1CCC(Oc2ccccc2Cl)CC1. The highest BCUT2D eigenvalue weighted by Crippen LogP contribution is 2.27. The number of halogens is 1. The van der Waals surface area contributed by atoms with E-state index < -0.39 is 5.97 Å². The van der Waals surface area contributed by atoms with Crippen molar-refractivity contribution in [2.75, 3.05) is 13.1 Å². The number of aryl methyl sites for hydroxylation is 1. The highest BCUT2D eigenvalue weighted by atomic mass is 35.5. The van der Waals surface area contributed by atoms with Gasteiger partial charge in [-0.3, -0.25) is 4.79 Å². The minimum atomic E-state index is -0.962. The molecule has 27 heavy (non-hydrogen) atoms. The van der Waals surface area contributed by atoms with E-state index in [-0.39, 0.29) is 17.6 Å². The summed E-state index contributed by atoms with van der Waals surface area (Å²) in [7, 11) is 0. The quantitative estimate of drug-likeness (QED) is 0.812. The molecule has 0 spiro atoms. The van der Waals surface area contributed by atoms with Crippen molar-refractivity contribution in [1.82, 2.24) is 4.90 Å². The van der Waals surface area contributed by atoms with Gasteiger partial charge in [0.25, 0.3) is 0 Å². The minimum absolute atomic E-state index is 0.0432. The van der Waals surface area contributed by atoms with Gasteiger partial charge in [0, 0.05) is 32.4 Å². The van der Waals surface area contributed by atoms with E-state index >= 15 is 0 Å². The molecule has 1 heterocycles. The molecule has 2 aromatic carbocycles. The molecule has 0 unspecified atom stereocenters. The van der Waals surface area contributed by atoms with E-state index in [1.165, 1.54) is 0 Å². The van der Waals surface area contributed by atoms with Crippen LogP contribution in [0, 0.1) is 0 Å². The Kier molecular flexibility index (Phi) is 6.35. The summed E-state index contributed by atoms with van der Waals surface area (Å²) in [4.78, 5) is 25.6. The first-order valence-corrected chi connectivity index (χ1v) is 9.42. The summed E-state index contributed by atoms with van der Waals surface area (Å²) in [5.74, 6) is -0.240. The molecule has 0 saturated carbocycles. The molecule has 0 bridgehead atoms. The van der Waals surface area contributed by atoms with E-state index in [0.29, 0.717) is 42.3 Å². The molecule has 5 nitrogen and oxygen atoms in total. The number of carbonyl (C=O) groups excluding carboxylic acids is 1. The van der Waals surface area contributed by atoms with Crippen LogP contribution in [0.2, 0.25) is 5.02 Å². The van der Waals surface area contributed by atoms with E-state index in [1.807, 2.05) is 23.1 Å². The van der Waals surface area contributed by atoms with E-state index in [4.69, 9.17) is 16.3 Å².